The quantitative estimate of drug-likeness (QED) is 0.920. The van der Waals surface area contributed by atoms with E-state index in [0.717, 1.165) is 36.0 Å². The van der Waals surface area contributed by atoms with Crippen molar-refractivity contribution in [3.63, 3.8) is 0 Å². The van der Waals surface area contributed by atoms with Crippen LogP contribution < -0.4 is 5.32 Å². The molecule has 1 aliphatic heterocycles. The zero-order valence-electron chi connectivity index (χ0n) is 11.8. The molecule has 0 aliphatic carbocycles. The minimum Gasteiger partial charge on any atom is -0.336 e. The van der Waals surface area contributed by atoms with Crippen LogP contribution in [-0.4, -0.2) is 51.9 Å². The first-order chi connectivity index (χ1) is 9.08. The fourth-order valence-electron chi connectivity index (χ4n) is 2.29. The lowest BCUT2D eigenvalue weighted by atomic mass is 10.3. The van der Waals surface area contributed by atoms with Crippen molar-refractivity contribution in [1.82, 2.24) is 20.0 Å². The van der Waals surface area contributed by atoms with Gasteiger partial charge in [-0.25, -0.2) is 4.79 Å². The maximum atomic E-state index is 12.0. The van der Waals surface area contributed by atoms with Gasteiger partial charge >= 0.3 is 6.03 Å². The molecule has 1 aromatic rings. The largest absolute Gasteiger partial charge is 0.336 e. The number of thioether (sulfide) groups is 1. The van der Waals surface area contributed by atoms with Crippen molar-refractivity contribution in [2.24, 2.45) is 0 Å². The predicted octanol–water partition coefficient (Wildman–Crippen LogP) is 1.82. The Morgan fingerprint density at radius 3 is 2.74 bits per heavy atom. The fourth-order valence-corrected chi connectivity index (χ4v) is 3.20. The minimum atomic E-state index is 0.0497. The number of nitrogens with zero attached hydrogens (tertiary/aromatic N) is 3. The molecule has 1 N–H and O–H groups in total. The second kappa shape index (κ2) is 6.32. The van der Waals surface area contributed by atoms with Crippen LogP contribution in [0.2, 0.25) is 0 Å². The zero-order valence-corrected chi connectivity index (χ0v) is 12.7. The summed E-state index contributed by atoms with van der Waals surface area (Å²) >= 11 is 1.91. The highest BCUT2D eigenvalue weighted by Crippen LogP contribution is 2.11. The van der Waals surface area contributed by atoms with Crippen molar-refractivity contribution < 1.29 is 4.79 Å². The van der Waals surface area contributed by atoms with Crippen molar-refractivity contribution >= 4 is 17.8 Å². The molecule has 1 aromatic heterocycles. The van der Waals surface area contributed by atoms with Gasteiger partial charge in [0.25, 0.3) is 0 Å². The second-order valence-corrected chi connectivity index (χ2v) is 6.23. The molecule has 0 bridgehead atoms. The summed E-state index contributed by atoms with van der Waals surface area (Å²) in [4.78, 5) is 13.9. The van der Waals surface area contributed by atoms with Gasteiger partial charge in [0.1, 0.15) is 0 Å². The van der Waals surface area contributed by atoms with E-state index in [4.69, 9.17) is 0 Å². The molecule has 1 atom stereocenters. The Bertz CT molecular complexity index is 440. The number of hydrogen-bond donors (Lipinski definition) is 1. The molecule has 1 fully saturated rings. The Labute approximate surface area is 118 Å². The molecule has 106 valence electrons. The molecule has 0 saturated carbocycles. The molecular formula is C13H22N4OS. The van der Waals surface area contributed by atoms with Crippen LogP contribution in [0.5, 0.6) is 0 Å². The lowest BCUT2D eigenvalue weighted by Gasteiger charge is -2.27. The summed E-state index contributed by atoms with van der Waals surface area (Å²) in [6.07, 6.45) is 0. The number of rotatable bonds is 3. The Morgan fingerprint density at radius 2 is 2.16 bits per heavy atom. The van der Waals surface area contributed by atoms with E-state index >= 15 is 0 Å². The highest BCUT2D eigenvalue weighted by atomic mass is 32.2. The number of nitrogens with one attached hydrogen (secondary N) is 1. The molecular weight excluding hydrogens is 260 g/mol. The Morgan fingerprint density at radius 1 is 1.47 bits per heavy atom. The van der Waals surface area contributed by atoms with Gasteiger partial charge < -0.3 is 10.2 Å². The smallest absolute Gasteiger partial charge is 0.317 e. The van der Waals surface area contributed by atoms with Gasteiger partial charge in [0, 0.05) is 36.8 Å². The van der Waals surface area contributed by atoms with Crippen LogP contribution in [0.15, 0.2) is 6.07 Å². The van der Waals surface area contributed by atoms with Gasteiger partial charge in [-0.05, 0) is 26.8 Å². The maximum absolute atomic E-state index is 12.0. The maximum Gasteiger partial charge on any atom is 0.317 e. The molecule has 1 unspecified atom stereocenters. The van der Waals surface area contributed by atoms with E-state index in [1.807, 2.05) is 35.2 Å². The number of carbonyl (C=O) groups excluding carboxylic acids is 1. The van der Waals surface area contributed by atoms with Gasteiger partial charge in [0.05, 0.1) is 11.7 Å². The average Bonchev–Trinajstić information content (AvgIpc) is 2.75. The van der Waals surface area contributed by atoms with Crippen molar-refractivity contribution in [3.8, 4) is 0 Å². The third-order valence-corrected chi connectivity index (χ3v) is 4.25. The van der Waals surface area contributed by atoms with Gasteiger partial charge in [-0.2, -0.15) is 16.9 Å². The van der Waals surface area contributed by atoms with Crippen LogP contribution in [-0.2, 0) is 0 Å². The van der Waals surface area contributed by atoms with Crippen LogP contribution >= 0.6 is 11.8 Å². The minimum absolute atomic E-state index is 0.0497. The van der Waals surface area contributed by atoms with Crippen LogP contribution in [0.25, 0.3) is 0 Å². The molecule has 2 rings (SSSR count). The second-order valence-electron chi connectivity index (χ2n) is 5.01. The first kappa shape index (κ1) is 14.2. The molecule has 5 nitrogen and oxygen atoms in total. The normalized spacial score (nSPS) is 17.3. The molecule has 2 amide bonds. The summed E-state index contributed by atoms with van der Waals surface area (Å²) in [5.41, 5.74) is 2.15. The van der Waals surface area contributed by atoms with E-state index in [2.05, 4.69) is 23.4 Å². The summed E-state index contributed by atoms with van der Waals surface area (Å²) < 4.78 is 1.97. The number of hydrogen-bond acceptors (Lipinski definition) is 3. The molecule has 0 radical (unpaired) electrons. The highest BCUT2D eigenvalue weighted by molar-refractivity contribution is 7.99. The summed E-state index contributed by atoms with van der Waals surface area (Å²) in [6, 6.07) is 2.28. The summed E-state index contributed by atoms with van der Waals surface area (Å²) in [5.74, 6) is 2.08. The molecule has 1 saturated heterocycles. The lowest BCUT2D eigenvalue weighted by molar-refractivity contribution is 0.201. The summed E-state index contributed by atoms with van der Waals surface area (Å²) in [7, 11) is 0. The zero-order chi connectivity index (χ0) is 13.8. The molecule has 2 heterocycles. The summed E-state index contributed by atoms with van der Waals surface area (Å²) in [6.45, 7) is 8.42. The number of urea groups is 1. The van der Waals surface area contributed by atoms with Crippen LogP contribution in [0.3, 0.4) is 0 Å². The van der Waals surface area contributed by atoms with Crippen molar-refractivity contribution in [2.45, 2.75) is 26.8 Å². The number of aromatic nitrogens is 2. The molecule has 0 aromatic carbocycles. The van der Waals surface area contributed by atoms with E-state index in [1.54, 1.807) is 0 Å². The van der Waals surface area contributed by atoms with Crippen molar-refractivity contribution in [1.29, 1.82) is 0 Å². The Kier molecular flexibility index (Phi) is 4.74. The fraction of sp³-hybridized carbons (Fsp3) is 0.692. The van der Waals surface area contributed by atoms with Gasteiger partial charge in [-0.3, -0.25) is 4.68 Å². The Balaban J connectivity index is 1.84. The van der Waals surface area contributed by atoms with E-state index in [1.165, 1.54) is 0 Å². The predicted molar refractivity (Wildman–Crippen MR) is 78.7 cm³/mol. The van der Waals surface area contributed by atoms with Crippen molar-refractivity contribution in [2.75, 3.05) is 31.1 Å². The van der Waals surface area contributed by atoms with Gasteiger partial charge in [0.2, 0.25) is 0 Å². The summed E-state index contributed by atoms with van der Waals surface area (Å²) in [5, 5.41) is 7.45. The van der Waals surface area contributed by atoms with Crippen LogP contribution in [0, 0.1) is 13.8 Å². The van der Waals surface area contributed by atoms with Crippen molar-refractivity contribution in [3.05, 3.63) is 17.5 Å². The molecule has 1 aliphatic rings. The van der Waals surface area contributed by atoms with Crippen LogP contribution in [0.1, 0.15) is 24.4 Å². The van der Waals surface area contributed by atoms with Gasteiger partial charge in [-0.1, -0.05) is 0 Å². The third kappa shape index (κ3) is 3.65. The molecule has 6 heteroatoms. The van der Waals surface area contributed by atoms with E-state index in [-0.39, 0.29) is 12.1 Å². The van der Waals surface area contributed by atoms with E-state index < -0.39 is 0 Å². The monoisotopic (exact) mass is 282 g/mol. The first-order valence-corrected chi connectivity index (χ1v) is 7.86. The number of amides is 2. The topological polar surface area (TPSA) is 50.2 Å². The highest BCUT2D eigenvalue weighted by Gasteiger charge is 2.17. The van der Waals surface area contributed by atoms with Crippen LogP contribution in [0.4, 0.5) is 4.79 Å². The molecule has 0 spiro atoms. The first-order valence-electron chi connectivity index (χ1n) is 6.71. The van der Waals surface area contributed by atoms with Gasteiger partial charge in [0.15, 0.2) is 0 Å². The third-order valence-electron chi connectivity index (χ3n) is 3.31. The van der Waals surface area contributed by atoms with Gasteiger partial charge in [-0.15, -0.1) is 0 Å². The lowest BCUT2D eigenvalue weighted by Crippen LogP contribution is -2.45. The standard InChI is InChI=1S/C13H22N4OS/c1-10-8-11(2)17(15-10)12(3)9-14-13(18)16-4-6-19-7-5-16/h8,12H,4-7,9H2,1-3H3,(H,14,18). The average molecular weight is 282 g/mol. The SMILES string of the molecule is Cc1cc(C)n(C(C)CNC(=O)N2CCSCC2)n1. The van der Waals surface area contributed by atoms with E-state index in [9.17, 15) is 4.79 Å². The number of aryl methyl sites for hydroxylation is 2. The molecule has 19 heavy (non-hydrogen) atoms. The van der Waals surface area contributed by atoms with E-state index in [0.29, 0.717) is 6.54 Å². The Hall–Kier alpha value is -1.17. The number of carbonyl (C=O) groups is 1.